The Morgan fingerprint density at radius 3 is 1.33 bits per heavy atom. The first-order valence-electron chi connectivity index (χ1n) is 21.2. The molecule has 3 aromatic heterocycles. The Hall–Kier alpha value is -8.47. The van der Waals surface area contributed by atoms with Crippen LogP contribution in [-0.4, -0.2) is 15.0 Å². The van der Waals surface area contributed by atoms with Crippen LogP contribution in [0.15, 0.2) is 229 Å². The molecule has 0 aliphatic heterocycles. The Bertz CT molecular complexity index is 3560. The molecular formula is C59H37N3O. The number of hydrogen-bond donors (Lipinski definition) is 0. The molecule has 0 aliphatic carbocycles. The van der Waals surface area contributed by atoms with Gasteiger partial charge in [0.05, 0.1) is 22.6 Å². The van der Waals surface area contributed by atoms with Gasteiger partial charge in [-0.1, -0.05) is 188 Å². The molecule has 12 aromatic rings. The van der Waals surface area contributed by atoms with E-state index in [9.17, 15) is 0 Å². The summed E-state index contributed by atoms with van der Waals surface area (Å²) >= 11 is 0. The molecule has 0 N–H and O–H groups in total. The van der Waals surface area contributed by atoms with Crippen LogP contribution >= 0.6 is 0 Å². The summed E-state index contributed by atoms with van der Waals surface area (Å²) in [5.41, 5.74) is 16.6. The van der Waals surface area contributed by atoms with Crippen molar-refractivity contribution >= 4 is 43.6 Å². The summed E-state index contributed by atoms with van der Waals surface area (Å²) < 4.78 is 6.50. The molecule has 12 rings (SSSR count). The second kappa shape index (κ2) is 15.2. The highest BCUT2D eigenvalue weighted by Gasteiger charge is 2.18. The van der Waals surface area contributed by atoms with E-state index in [1.54, 1.807) is 0 Å². The highest BCUT2D eigenvalue weighted by atomic mass is 16.3. The van der Waals surface area contributed by atoms with E-state index in [4.69, 9.17) is 19.4 Å². The second-order valence-electron chi connectivity index (χ2n) is 15.9. The number of pyridine rings is 1. The van der Waals surface area contributed by atoms with Gasteiger partial charge in [-0.25, -0.2) is 15.0 Å². The highest BCUT2D eigenvalue weighted by molar-refractivity contribution is 6.28. The number of furan rings is 1. The van der Waals surface area contributed by atoms with E-state index in [1.807, 2.05) is 42.5 Å². The number of benzene rings is 9. The monoisotopic (exact) mass is 803 g/mol. The smallest absolute Gasteiger partial charge is 0.160 e. The first-order chi connectivity index (χ1) is 31.2. The van der Waals surface area contributed by atoms with Crippen molar-refractivity contribution < 1.29 is 4.42 Å². The Balaban J connectivity index is 0.837. The van der Waals surface area contributed by atoms with Gasteiger partial charge in [-0.05, 0) is 69.8 Å². The van der Waals surface area contributed by atoms with Crippen LogP contribution in [0.5, 0.6) is 0 Å². The van der Waals surface area contributed by atoms with Gasteiger partial charge in [0.2, 0.25) is 0 Å². The van der Waals surface area contributed by atoms with Crippen molar-refractivity contribution in [1.29, 1.82) is 0 Å². The first-order valence-corrected chi connectivity index (χ1v) is 21.2. The number of para-hydroxylation sites is 1. The zero-order valence-electron chi connectivity index (χ0n) is 34.1. The van der Waals surface area contributed by atoms with Gasteiger partial charge in [-0.2, -0.15) is 0 Å². The largest absolute Gasteiger partial charge is 0.456 e. The first kappa shape index (κ1) is 36.4. The molecule has 0 saturated carbocycles. The molecule has 0 radical (unpaired) electrons. The minimum absolute atomic E-state index is 0.714. The summed E-state index contributed by atoms with van der Waals surface area (Å²) in [6.07, 6.45) is 0. The van der Waals surface area contributed by atoms with Crippen LogP contribution in [0.1, 0.15) is 0 Å². The SMILES string of the molecule is c1ccc(-c2cc(-c3ccc(-c4ccc(-c5ccc(-c6ccc7oc8ccc9c(-c%10ccccc%10)nc%10ccccc%10c9c8c7c6)cc5)cc4)cc3)nc(-c3ccccc3)n2)cc1. The molecular weight excluding hydrogens is 767 g/mol. The summed E-state index contributed by atoms with van der Waals surface area (Å²) in [4.78, 5) is 15.1. The summed E-state index contributed by atoms with van der Waals surface area (Å²) in [7, 11) is 0. The third-order valence-corrected chi connectivity index (χ3v) is 12.1. The number of hydrogen-bond acceptors (Lipinski definition) is 4. The lowest BCUT2D eigenvalue weighted by Crippen LogP contribution is -1.95. The van der Waals surface area contributed by atoms with Gasteiger partial charge in [-0.15, -0.1) is 0 Å². The Kier molecular flexibility index (Phi) is 8.79. The lowest BCUT2D eigenvalue weighted by atomic mass is 9.95. The van der Waals surface area contributed by atoms with Gasteiger partial charge in [0, 0.05) is 49.2 Å². The maximum Gasteiger partial charge on any atom is 0.160 e. The van der Waals surface area contributed by atoms with E-state index in [1.165, 1.54) is 16.5 Å². The molecule has 0 amide bonds. The van der Waals surface area contributed by atoms with Gasteiger partial charge in [0.15, 0.2) is 5.82 Å². The third kappa shape index (κ3) is 6.62. The quantitative estimate of drug-likeness (QED) is 0.151. The number of nitrogens with zero attached hydrogens (tertiary/aromatic N) is 3. The van der Waals surface area contributed by atoms with Gasteiger partial charge in [0.1, 0.15) is 11.2 Å². The zero-order chi connectivity index (χ0) is 41.7. The lowest BCUT2D eigenvalue weighted by Gasteiger charge is -2.11. The van der Waals surface area contributed by atoms with Crippen LogP contribution in [0.25, 0.3) is 122 Å². The van der Waals surface area contributed by atoms with E-state index in [2.05, 4.69) is 182 Å². The van der Waals surface area contributed by atoms with Gasteiger partial charge < -0.3 is 4.42 Å². The van der Waals surface area contributed by atoms with Crippen LogP contribution < -0.4 is 0 Å². The van der Waals surface area contributed by atoms with Crippen molar-refractivity contribution in [1.82, 2.24) is 15.0 Å². The van der Waals surface area contributed by atoms with Crippen LogP contribution in [0.3, 0.4) is 0 Å². The maximum atomic E-state index is 6.50. The van der Waals surface area contributed by atoms with Crippen LogP contribution in [-0.2, 0) is 0 Å². The van der Waals surface area contributed by atoms with Crippen molar-refractivity contribution in [2.24, 2.45) is 0 Å². The molecule has 0 bridgehead atoms. The second-order valence-corrected chi connectivity index (χ2v) is 15.9. The van der Waals surface area contributed by atoms with Crippen molar-refractivity contribution in [2.45, 2.75) is 0 Å². The molecule has 0 saturated heterocycles. The number of aromatic nitrogens is 3. The molecule has 294 valence electrons. The molecule has 3 heterocycles. The molecule has 0 atom stereocenters. The minimum atomic E-state index is 0.714. The fourth-order valence-corrected chi connectivity index (χ4v) is 8.92. The van der Waals surface area contributed by atoms with Crippen molar-refractivity contribution in [3.05, 3.63) is 224 Å². The molecule has 0 aliphatic rings. The van der Waals surface area contributed by atoms with Gasteiger partial charge in [0.25, 0.3) is 0 Å². The average Bonchev–Trinajstić information content (AvgIpc) is 3.75. The highest BCUT2D eigenvalue weighted by Crippen LogP contribution is 2.42. The molecule has 9 aromatic carbocycles. The van der Waals surface area contributed by atoms with E-state index in [0.717, 1.165) is 99.8 Å². The summed E-state index contributed by atoms with van der Waals surface area (Å²) in [6, 6.07) is 78.6. The standard InChI is InChI=1S/C59H37N3O/c1-4-12-43(13-5-1)52-37-53(62-59(61-52)46-16-8-3-9-17-46)44-30-28-41(29-31-44)39-22-20-38(21-23-39)40-24-26-42(27-25-40)47-32-34-54-50(36-47)57-55(63-54)35-33-49-56(57)48-18-10-11-19-51(48)60-58(49)45-14-6-2-7-15-45/h1-37H. The van der Waals surface area contributed by atoms with E-state index >= 15 is 0 Å². The van der Waals surface area contributed by atoms with Crippen molar-refractivity contribution in [3.8, 4) is 78.5 Å². The van der Waals surface area contributed by atoms with E-state index in [-0.39, 0.29) is 0 Å². The van der Waals surface area contributed by atoms with Gasteiger partial charge >= 0.3 is 0 Å². The Morgan fingerprint density at radius 1 is 0.270 bits per heavy atom. The molecule has 0 spiro atoms. The predicted octanol–water partition coefficient (Wildman–Crippen LogP) is 15.7. The lowest BCUT2D eigenvalue weighted by molar-refractivity contribution is 0.669. The van der Waals surface area contributed by atoms with Gasteiger partial charge in [-0.3, -0.25) is 0 Å². The Labute approximate surface area is 364 Å². The normalized spacial score (nSPS) is 11.5. The summed E-state index contributed by atoms with van der Waals surface area (Å²) in [5, 5.41) is 5.63. The van der Waals surface area contributed by atoms with E-state index < -0.39 is 0 Å². The Morgan fingerprint density at radius 2 is 0.730 bits per heavy atom. The summed E-state index contributed by atoms with van der Waals surface area (Å²) in [6.45, 7) is 0. The fraction of sp³-hybridized carbons (Fsp3) is 0. The molecule has 4 nitrogen and oxygen atoms in total. The molecule has 0 unspecified atom stereocenters. The van der Waals surface area contributed by atoms with Crippen molar-refractivity contribution in [2.75, 3.05) is 0 Å². The van der Waals surface area contributed by atoms with Crippen LogP contribution in [0.2, 0.25) is 0 Å². The molecule has 0 fully saturated rings. The number of fused-ring (bicyclic) bond motifs is 7. The average molecular weight is 804 g/mol. The van der Waals surface area contributed by atoms with Crippen LogP contribution in [0.4, 0.5) is 0 Å². The zero-order valence-corrected chi connectivity index (χ0v) is 34.1. The van der Waals surface area contributed by atoms with Crippen molar-refractivity contribution in [3.63, 3.8) is 0 Å². The minimum Gasteiger partial charge on any atom is -0.456 e. The third-order valence-electron chi connectivity index (χ3n) is 12.1. The summed E-state index contributed by atoms with van der Waals surface area (Å²) in [5.74, 6) is 0.714. The van der Waals surface area contributed by atoms with E-state index in [0.29, 0.717) is 5.82 Å². The molecule has 63 heavy (non-hydrogen) atoms. The number of rotatable bonds is 7. The molecule has 4 heteroatoms. The predicted molar refractivity (Wildman–Crippen MR) is 260 cm³/mol. The topological polar surface area (TPSA) is 51.8 Å². The maximum absolute atomic E-state index is 6.50. The van der Waals surface area contributed by atoms with Crippen LogP contribution in [0, 0.1) is 0 Å². The fourth-order valence-electron chi connectivity index (χ4n) is 8.92.